The maximum Gasteiger partial charge on any atom is 0.151 e. The second-order valence-electron chi connectivity index (χ2n) is 3.30. The Morgan fingerprint density at radius 2 is 2.08 bits per heavy atom. The fourth-order valence-electron chi connectivity index (χ4n) is 1.21. The Kier molecular flexibility index (Phi) is 5.25. The normalized spacial score (nSPS) is 16.5. The van der Waals surface area contributed by atoms with E-state index in [9.17, 15) is 8.42 Å². The molecule has 2 unspecified atom stereocenters. The molecule has 1 N–H and O–H groups in total. The smallest absolute Gasteiger partial charge is 0.151 e. The van der Waals surface area contributed by atoms with E-state index in [1.807, 2.05) is 0 Å². The zero-order chi connectivity index (χ0) is 10.5. The largest absolute Gasteiger partial charge is 0.316 e. The summed E-state index contributed by atoms with van der Waals surface area (Å²) in [5.41, 5.74) is 0. The van der Waals surface area contributed by atoms with E-state index in [1.165, 1.54) is 6.26 Å². The zero-order valence-electron chi connectivity index (χ0n) is 8.58. The number of hydrogen-bond acceptors (Lipinski definition) is 3. The highest BCUT2D eigenvalue weighted by Crippen LogP contribution is 2.09. The Hall–Kier alpha value is -0.350. The van der Waals surface area contributed by atoms with E-state index in [2.05, 4.69) is 11.9 Å². The van der Waals surface area contributed by atoms with Gasteiger partial charge in [0.15, 0.2) is 9.84 Å². The van der Waals surface area contributed by atoms with E-state index in [0.29, 0.717) is 0 Å². The van der Waals surface area contributed by atoms with Crippen LogP contribution in [0.5, 0.6) is 0 Å². The van der Waals surface area contributed by atoms with Crippen LogP contribution >= 0.6 is 0 Å². The van der Waals surface area contributed by atoms with Crippen LogP contribution in [-0.4, -0.2) is 33.0 Å². The molecule has 0 amide bonds. The fraction of sp³-hybridized carbons (Fsp3) is 0.778. The van der Waals surface area contributed by atoms with Gasteiger partial charge in [0.1, 0.15) is 0 Å². The average Bonchev–Trinajstić information content (AvgIpc) is 2.04. The lowest BCUT2D eigenvalue weighted by Crippen LogP contribution is -2.40. The van der Waals surface area contributed by atoms with Crippen molar-refractivity contribution in [3.05, 3.63) is 12.7 Å². The van der Waals surface area contributed by atoms with Crippen LogP contribution in [0.2, 0.25) is 0 Å². The maximum absolute atomic E-state index is 11.2. The predicted molar refractivity (Wildman–Crippen MR) is 56.6 cm³/mol. The lowest BCUT2D eigenvalue weighted by Gasteiger charge is -2.21. The molecular weight excluding hydrogens is 186 g/mol. The van der Waals surface area contributed by atoms with Crippen LogP contribution < -0.4 is 5.32 Å². The molecule has 0 radical (unpaired) electrons. The van der Waals surface area contributed by atoms with Crippen molar-refractivity contribution < 1.29 is 8.42 Å². The highest BCUT2D eigenvalue weighted by Gasteiger charge is 2.23. The number of sulfone groups is 1. The third kappa shape index (κ3) is 4.43. The van der Waals surface area contributed by atoms with Gasteiger partial charge < -0.3 is 5.32 Å². The fourth-order valence-corrected chi connectivity index (χ4v) is 2.08. The van der Waals surface area contributed by atoms with Crippen LogP contribution in [0, 0.1) is 0 Å². The van der Waals surface area contributed by atoms with Crippen molar-refractivity contribution in [2.24, 2.45) is 0 Å². The maximum atomic E-state index is 11.2. The van der Waals surface area contributed by atoms with Crippen molar-refractivity contribution in [2.45, 2.75) is 31.1 Å². The summed E-state index contributed by atoms with van der Waals surface area (Å²) in [5.74, 6) is 0. The molecule has 0 rings (SSSR count). The van der Waals surface area contributed by atoms with Gasteiger partial charge in [-0.2, -0.15) is 0 Å². The first kappa shape index (κ1) is 12.7. The molecule has 0 aromatic carbocycles. The van der Waals surface area contributed by atoms with Crippen molar-refractivity contribution in [3.8, 4) is 0 Å². The van der Waals surface area contributed by atoms with Gasteiger partial charge in [0.25, 0.3) is 0 Å². The van der Waals surface area contributed by atoms with Crippen LogP contribution in [0.15, 0.2) is 12.7 Å². The quantitative estimate of drug-likeness (QED) is 0.657. The van der Waals surface area contributed by atoms with Crippen LogP contribution in [0.4, 0.5) is 0 Å². The van der Waals surface area contributed by atoms with Gasteiger partial charge in [-0.3, -0.25) is 0 Å². The highest BCUT2D eigenvalue weighted by molar-refractivity contribution is 7.91. The molecule has 0 saturated carbocycles. The van der Waals surface area contributed by atoms with Crippen LogP contribution in [-0.2, 0) is 9.84 Å². The van der Waals surface area contributed by atoms with E-state index in [0.717, 1.165) is 12.8 Å². The zero-order valence-corrected chi connectivity index (χ0v) is 9.39. The molecule has 13 heavy (non-hydrogen) atoms. The summed E-state index contributed by atoms with van der Waals surface area (Å²) in [4.78, 5) is 0. The van der Waals surface area contributed by atoms with Gasteiger partial charge >= 0.3 is 0 Å². The molecule has 0 fully saturated rings. The Balaban J connectivity index is 4.31. The van der Waals surface area contributed by atoms with E-state index >= 15 is 0 Å². The molecule has 0 aromatic rings. The Morgan fingerprint density at radius 3 is 2.38 bits per heavy atom. The van der Waals surface area contributed by atoms with Crippen molar-refractivity contribution in [2.75, 3.05) is 13.3 Å². The standard InChI is InChI=1S/C9H19NO2S/c1-5-6-7-9(10-3)8(2)13(4,11)12/h5,8-10H,1,6-7H2,2-4H3. The first-order chi connectivity index (χ1) is 5.93. The van der Waals surface area contributed by atoms with Crippen molar-refractivity contribution >= 4 is 9.84 Å². The van der Waals surface area contributed by atoms with E-state index < -0.39 is 9.84 Å². The molecule has 0 aliphatic heterocycles. The van der Waals surface area contributed by atoms with Gasteiger partial charge in [0, 0.05) is 12.3 Å². The summed E-state index contributed by atoms with van der Waals surface area (Å²) in [6, 6.07) is 0.0213. The Bertz CT molecular complexity index is 246. The summed E-state index contributed by atoms with van der Waals surface area (Å²) in [6.45, 7) is 5.35. The van der Waals surface area contributed by atoms with Gasteiger partial charge in [-0.1, -0.05) is 6.08 Å². The first-order valence-corrected chi connectivity index (χ1v) is 6.36. The summed E-state index contributed by atoms with van der Waals surface area (Å²) < 4.78 is 22.5. The third-order valence-electron chi connectivity index (χ3n) is 2.29. The van der Waals surface area contributed by atoms with E-state index in [-0.39, 0.29) is 11.3 Å². The summed E-state index contributed by atoms with van der Waals surface area (Å²) in [7, 11) is -1.15. The highest BCUT2D eigenvalue weighted by atomic mass is 32.2. The minimum absolute atomic E-state index is 0.0213. The van der Waals surface area contributed by atoms with E-state index in [4.69, 9.17) is 0 Å². The lowest BCUT2D eigenvalue weighted by atomic mass is 10.1. The minimum Gasteiger partial charge on any atom is -0.316 e. The summed E-state index contributed by atoms with van der Waals surface area (Å²) in [5, 5.41) is 2.68. The van der Waals surface area contributed by atoms with Gasteiger partial charge in [-0.15, -0.1) is 6.58 Å². The molecule has 3 nitrogen and oxygen atoms in total. The number of hydrogen-bond donors (Lipinski definition) is 1. The molecule has 0 heterocycles. The molecule has 0 aliphatic carbocycles. The molecule has 0 bridgehead atoms. The van der Waals surface area contributed by atoms with Crippen LogP contribution in [0.1, 0.15) is 19.8 Å². The first-order valence-electron chi connectivity index (χ1n) is 4.40. The average molecular weight is 205 g/mol. The summed E-state index contributed by atoms with van der Waals surface area (Å²) >= 11 is 0. The van der Waals surface area contributed by atoms with E-state index in [1.54, 1.807) is 20.0 Å². The topological polar surface area (TPSA) is 46.2 Å². The minimum atomic E-state index is -2.94. The molecule has 78 valence electrons. The SMILES string of the molecule is C=CCCC(NC)C(C)S(C)(=O)=O. The van der Waals surface area contributed by atoms with Crippen molar-refractivity contribution in [1.82, 2.24) is 5.32 Å². The summed E-state index contributed by atoms with van der Waals surface area (Å²) in [6.07, 6.45) is 4.73. The number of allylic oxidation sites excluding steroid dienone is 1. The number of rotatable bonds is 6. The second kappa shape index (κ2) is 5.40. The molecule has 0 aromatic heterocycles. The monoisotopic (exact) mass is 205 g/mol. The Morgan fingerprint density at radius 1 is 1.54 bits per heavy atom. The molecule has 0 aliphatic rings. The van der Waals surface area contributed by atoms with Crippen LogP contribution in [0.3, 0.4) is 0 Å². The molecular formula is C9H19NO2S. The molecule has 0 spiro atoms. The van der Waals surface area contributed by atoms with Gasteiger partial charge in [0.2, 0.25) is 0 Å². The lowest BCUT2D eigenvalue weighted by molar-refractivity contribution is 0.495. The molecule has 2 atom stereocenters. The number of nitrogens with one attached hydrogen (secondary N) is 1. The van der Waals surface area contributed by atoms with Gasteiger partial charge in [0.05, 0.1) is 5.25 Å². The van der Waals surface area contributed by atoms with Gasteiger partial charge in [-0.25, -0.2) is 8.42 Å². The second-order valence-corrected chi connectivity index (χ2v) is 5.70. The molecule has 4 heteroatoms. The van der Waals surface area contributed by atoms with Crippen molar-refractivity contribution in [3.63, 3.8) is 0 Å². The Labute approximate surface area is 81.1 Å². The van der Waals surface area contributed by atoms with Gasteiger partial charge in [-0.05, 0) is 26.8 Å². The third-order valence-corrected chi connectivity index (χ3v) is 3.97. The predicted octanol–water partition coefficient (Wildman–Crippen LogP) is 0.974. The van der Waals surface area contributed by atoms with Crippen LogP contribution in [0.25, 0.3) is 0 Å². The molecule has 0 saturated heterocycles. The van der Waals surface area contributed by atoms with Crippen molar-refractivity contribution in [1.29, 1.82) is 0 Å².